The smallest absolute Gasteiger partial charge is 0.200 e. The van der Waals surface area contributed by atoms with E-state index in [0.717, 1.165) is 11.9 Å². The van der Waals surface area contributed by atoms with Crippen LogP contribution in [0.2, 0.25) is 16.6 Å². The van der Waals surface area contributed by atoms with Gasteiger partial charge in [-0.2, -0.15) is 0 Å². The molecule has 0 aromatic heterocycles. The number of rotatable bonds is 10. The molecule has 3 nitrogen and oxygen atoms in total. The van der Waals surface area contributed by atoms with Crippen LogP contribution in [0.1, 0.15) is 55.4 Å². The van der Waals surface area contributed by atoms with Gasteiger partial charge in [0.25, 0.3) is 0 Å². The Hall–Kier alpha value is -0.453. The number of hydrogen-bond acceptors (Lipinski definition) is 3. The first-order valence-corrected chi connectivity index (χ1v) is 10.6. The van der Waals surface area contributed by atoms with E-state index in [9.17, 15) is 4.79 Å². The minimum absolute atomic E-state index is 0.136. The third-order valence-corrected chi connectivity index (χ3v) is 10.9. The number of carbonyl (C=O) groups is 1. The Morgan fingerprint density at radius 3 is 1.77 bits per heavy atom. The first kappa shape index (κ1) is 21.5. The highest BCUT2D eigenvalue weighted by Gasteiger charge is 2.44. The lowest BCUT2D eigenvalue weighted by molar-refractivity contribution is -0.113. The van der Waals surface area contributed by atoms with E-state index in [0.29, 0.717) is 23.2 Å². The zero-order valence-electron chi connectivity index (χ0n) is 16.0. The summed E-state index contributed by atoms with van der Waals surface area (Å²) in [4.78, 5) is 11.0. The van der Waals surface area contributed by atoms with Crippen LogP contribution in [0, 0.1) is 5.92 Å². The predicted molar refractivity (Wildman–Crippen MR) is 96.8 cm³/mol. The van der Waals surface area contributed by atoms with Crippen LogP contribution >= 0.6 is 0 Å². The third-order valence-electron chi connectivity index (χ3n) is 4.84. The normalized spacial score (nSPS) is 16.5. The molecule has 2 atom stereocenters. The molecular weight excluding hydrogens is 292 g/mol. The average Bonchev–Trinajstić information content (AvgIpc) is 2.42. The summed E-state index contributed by atoms with van der Waals surface area (Å²) in [6.45, 7) is 18.2. The highest BCUT2D eigenvalue weighted by molar-refractivity contribution is 6.77. The predicted octanol–water partition coefficient (Wildman–Crippen LogP) is 4.97. The highest BCUT2D eigenvalue weighted by Crippen LogP contribution is 2.42. The van der Waals surface area contributed by atoms with Gasteiger partial charge in [-0.15, -0.1) is 0 Å². The molecule has 0 rings (SSSR count). The van der Waals surface area contributed by atoms with Gasteiger partial charge < -0.3 is 14.0 Å². The summed E-state index contributed by atoms with van der Waals surface area (Å²) in [5, 5.41) is 0. The molecule has 0 amide bonds. The van der Waals surface area contributed by atoms with Crippen LogP contribution in [0.5, 0.6) is 0 Å². The second-order valence-electron chi connectivity index (χ2n) is 7.23. The Morgan fingerprint density at radius 2 is 1.45 bits per heavy atom. The van der Waals surface area contributed by atoms with Crippen LogP contribution in [-0.2, 0) is 14.0 Å². The Bertz CT molecular complexity index is 340. The molecule has 0 saturated heterocycles. The second kappa shape index (κ2) is 9.63. The van der Waals surface area contributed by atoms with Gasteiger partial charge in [-0.25, -0.2) is 0 Å². The molecule has 0 aliphatic rings. The molecule has 0 spiro atoms. The molecule has 0 aromatic rings. The van der Waals surface area contributed by atoms with Crippen LogP contribution in [0.15, 0.2) is 11.6 Å². The van der Waals surface area contributed by atoms with E-state index < -0.39 is 8.32 Å². The fourth-order valence-electron chi connectivity index (χ4n) is 3.82. The van der Waals surface area contributed by atoms with E-state index in [1.54, 1.807) is 7.11 Å². The molecule has 4 heteroatoms. The molecule has 0 aliphatic carbocycles. The van der Waals surface area contributed by atoms with E-state index in [1.807, 2.05) is 13.8 Å². The topological polar surface area (TPSA) is 35.5 Å². The van der Waals surface area contributed by atoms with Crippen LogP contribution in [0.25, 0.3) is 0 Å². The van der Waals surface area contributed by atoms with Gasteiger partial charge in [0.15, 0.2) is 0 Å². The Kier molecular flexibility index (Phi) is 9.44. The van der Waals surface area contributed by atoms with Crippen molar-refractivity contribution in [2.24, 2.45) is 5.92 Å². The number of ether oxygens (including phenoxy) is 1. The zero-order chi connectivity index (χ0) is 17.5. The van der Waals surface area contributed by atoms with Crippen molar-refractivity contribution in [3.63, 3.8) is 0 Å². The monoisotopic (exact) mass is 328 g/mol. The molecule has 0 saturated carbocycles. The minimum atomic E-state index is -1.83. The summed E-state index contributed by atoms with van der Waals surface area (Å²) < 4.78 is 12.0. The Balaban J connectivity index is 5.08. The summed E-state index contributed by atoms with van der Waals surface area (Å²) in [7, 11) is -0.179. The van der Waals surface area contributed by atoms with Crippen LogP contribution in [0.3, 0.4) is 0 Å². The molecule has 0 N–H and O–H groups in total. The summed E-state index contributed by atoms with van der Waals surface area (Å²) in [6.07, 6.45) is 2.87. The first-order valence-electron chi connectivity index (χ1n) is 8.43. The molecular formula is C18H36O3Si. The van der Waals surface area contributed by atoms with Gasteiger partial charge in [0.05, 0.1) is 12.7 Å². The van der Waals surface area contributed by atoms with Crippen LogP contribution in [0.4, 0.5) is 0 Å². The Morgan fingerprint density at radius 1 is 1.00 bits per heavy atom. The molecule has 0 fully saturated rings. The van der Waals surface area contributed by atoms with Gasteiger partial charge in [0, 0.05) is 13.0 Å². The first-order chi connectivity index (χ1) is 10.1. The van der Waals surface area contributed by atoms with Gasteiger partial charge in [-0.3, -0.25) is 0 Å². The van der Waals surface area contributed by atoms with Gasteiger partial charge in [-0.05, 0) is 29.1 Å². The lowest BCUT2D eigenvalue weighted by atomic mass is 9.99. The van der Waals surface area contributed by atoms with Crippen molar-refractivity contribution >= 4 is 14.6 Å². The average molecular weight is 329 g/mol. The van der Waals surface area contributed by atoms with E-state index >= 15 is 0 Å². The lowest BCUT2D eigenvalue weighted by Crippen LogP contribution is -2.47. The maximum atomic E-state index is 11.0. The van der Waals surface area contributed by atoms with Crippen molar-refractivity contribution < 1.29 is 14.0 Å². The number of carbonyl (C=O) groups excluding carboxylic acids is 1. The van der Waals surface area contributed by atoms with Gasteiger partial charge in [-0.1, -0.05) is 54.5 Å². The van der Waals surface area contributed by atoms with Crippen molar-refractivity contribution in [3.8, 4) is 0 Å². The second-order valence-corrected chi connectivity index (χ2v) is 12.7. The van der Waals surface area contributed by atoms with E-state index in [-0.39, 0.29) is 12.0 Å². The van der Waals surface area contributed by atoms with Gasteiger partial charge >= 0.3 is 0 Å². The summed E-state index contributed by atoms with van der Waals surface area (Å²) in [5.41, 5.74) is 2.80. The van der Waals surface area contributed by atoms with Crippen molar-refractivity contribution in [1.29, 1.82) is 0 Å². The highest BCUT2D eigenvalue weighted by atomic mass is 28.4. The summed E-state index contributed by atoms with van der Waals surface area (Å²) in [6, 6.07) is 0. The molecule has 22 heavy (non-hydrogen) atoms. The van der Waals surface area contributed by atoms with Crippen LogP contribution in [-0.4, -0.2) is 34.4 Å². The van der Waals surface area contributed by atoms with Crippen LogP contribution < -0.4 is 0 Å². The van der Waals surface area contributed by atoms with Gasteiger partial charge in [0.1, 0.15) is 6.29 Å². The molecule has 0 heterocycles. The maximum absolute atomic E-state index is 11.0. The molecule has 0 aliphatic heterocycles. The van der Waals surface area contributed by atoms with E-state index in [2.05, 4.69) is 47.6 Å². The summed E-state index contributed by atoms with van der Waals surface area (Å²) in [5.74, 6) is -0.136. The molecule has 130 valence electrons. The third kappa shape index (κ3) is 5.03. The quantitative estimate of drug-likeness (QED) is 0.322. The van der Waals surface area contributed by atoms with Gasteiger partial charge in [0.2, 0.25) is 8.32 Å². The largest absolute Gasteiger partial charge is 0.412 e. The number of hydrogen-bond donors (Lipinski definition) is 0. The van der Waals surface area contributed by atoms with E-state index in [1.165, 1.54) is 0 Å². The molecule has 0 bridgehead atoms. The molecule has 0 radical (unpaired) electrons. The lowest BCUT2D eigenvalue weighted by Gasteiger charge is -2.42. The zero-order valence-corrected chi connectivity index (χ0v) is 17.0. The minimum Gasteiger partial charge on any atom is -0.412 e. The standard InChI is InChI=1S/C18H36O3Si/c1-13(2)22(14(3)4,15(5)6)21-11-10-16(7)18(20-9)17(8)12-19/h10,12-15,17-18H,11H2,1-9H3/b16-10+/t17-,18-/m0/s1. The number of methoxy groups -OCH3 is 1. The van der Waals surface area contributed by atoms with Crippen molar-refractivity contribution in [3.05, 3.63) is 11.6 Å². The molecule has 0 aromatic carbocycles. The fraction of sp³-hybridized carbons (Fsp3) is 0.833. The van der Waals surface area contributed by atoms with Crippen molar-refractivity contribution in [2.45, 2.75) is 78.1 Å². The Labute approximate surface area is 138 Å². The SMILES string of the molecule is CO[C@@H](/C(C)=C/CO[Si](C(C)C)(C(C)C)C(C)C)[C@@H](C)C=O. The summed E-state index contributed by atoms with van der Waals surface area (Å²) >= 11 is 0. The van der Waals surface area contributed by atoms with Crippen molar-refractivity contribution in [1.82, 2.24) is 0 Å². The molecule has 0 unspecified atom stereocenters. The maximum Gasteiger partial charge on any atom is 0.200 e. The van der Waals surface area contributed by atoms with E-state index in [4.69, 9.17) is 9.16 Å². The van der Waals surface area contributed by atoms with Crippen molar-refractivity contribution in [2.75, 3.05) is 13.7 Å². The fourth-order valence-corrected chi connectivity index (χ4v) is 9.19. The number of aldehydes is 1.